The molecule has 0 N–H and O–H groups in total. The van der Waals surface area contributed by atoms with Gasteiger partial charge in [0.15, 0.2) is 0 Å². The Bertz CT molecular complexity index is 639. The fraction of sp³-hybridized carbons (Fsp3) is 0.700. The maximum atomic E-state index is 12.2. The van der Waals surface area contributed by atoms with Crippen LogP contribution >= 0.6 is 0 Å². The predicted molar refractivity (Wildman–Crippen MR) is 97.7 cm³/mol. The number of hydrogen-bond donors (Lipinski definition) is 0. The number of carbonyl (C=O) groups is 1. The van der Waals surface area contributed by atoms with Crippen LogP contribution in [0.3, 0.4) is 0 Å². The molecule has 3 fully saturated rings. The van der Waals surface area contributed by atoms with Gasteiger partial charge in [-0.05, 0) is 38.3 Å². The molecule has 0 bridgehead atoms. The topological polar surface area (TPSA) is 54.9 Å². The molecule has 0 saturated carbocycles. The van der Waals surface area contributed by atoms with Gasteiger partial charge < -0.3 is 14.4 Å². The van der Waals surface area contributed by atoms with Gasteiger partial charge in [-0.3, -0.25) is 14.7 Å². The molecule has 1 atom stereocenters. The van der Waals surface area contributed by atoms with Gasteiger partial charge in [-0.25, -0.2) is 0 Å². The number of likely N-dealkylation sites (tertiary alicyclic amines) is 2. The van der Waals surface area contributed by atoms with Gasteiger partial charge in [0.1, 0.15) is 6.61 Å². The molecule has 4 rings (SSSR count). The van der Waals surface area contributed by atoms with Crippen LogP contribution in [0, 0.1) is 6.92 Å². The van der Waals surface area contributed by atoms with Crippen molar-refractivity contribution in [3.8, 4) is 0 Å². The normalized spacial score (nSPS) is 25.4. The average molecular weight is 359 g/mol. The molecule has 3 saturated heterocycles. The summed E-state index contributed by atoms with van der Waals surface area (Å²) in [5.41, 5.74) is 2.08. The van der Waals surface area contributed by atoms with Crippen molar-refractivity contribution in [3.63, 3.8) is 0 Å². The van der Waals surface area contributed by atoms with Crippen molar-refractivity contribution >= 4 is 5.91 Å². The van der Waals surface area contributed by atoms with Crippen LogP contribution in [0.25, 0.3) is 0 Å². The van der Waals surface area contributed by atoms with Crippen molar-refractivity contribution in [2.75, 3.05) is 39.4 Å². The Morgan fingerprint density at radius 3 is 2.92 bits per heavy atom. The average Bonchev–Trinajstić information content (AvgIpc) is 3.13. The Kier molecular flexibility index (Phi) is 5.25. The van der Waals surface area contributed by atoms with E-state index in [0.717, 1.165) is 76.4 Å². The molecule has 1 spiro atoms. The number of pyridine rings is 1. The van der Waals surface area contributed by atoms with Gasteiger partial charge >= 0.3 is 0 Å². The lowest BCUT2D eigenvalue weighted by Gasteiger charge is -2.53. The minimum absolute atomic E-state index is 0.0938. The summed E-state index contributed by atoms with van der Waals surface area (Å²) in [4.78, 5) is 21.1. The van der Waals surface area contributed by atoms with Gasteiger partial charge in [-0.15, -0.1) is 0 Å². The first-order chi connectivity index (χ1) is 12.6. The molecule has 1 aromatic rings. The number of ether oxygens (including phenoxy) is 2. The number of rotatable bonds is 5. The molecule has 0 aromatic carbocycles. The lowest BCUT2D eigenvalue weighted by Crippen LogP contribution is -2.65. The second-order valence-corrected chi connectivity index (χ2v) is 7.96. The number of hydrogen-bond acceptors (Lipinski definition) is 5. The SMILES string of the molecule is Cc1cccc(CN2CC3(C[C@H](OCC(=O)N4CCCC4)CCO3)C2)n1. The highest BCUT2D eigenvalue weighted by atomic mass is 16.5. The van der Waals surface area contributed by atoms with Crippen molar-refractivity contribution in [2.45, 2.75) is 50.9 Å². The molecule has 1 aromatic heterocycles. The third-order valence-electron chi connectivity index (χ3n) is 5.70. The standard InChI is InChI=1S/C20H29N3O3/c1-16-5-4-6-17(21-16)12-22-14-20(15-22)11-18(7-10-26-20)25-13-19(24)23-8-2-3-9-23/h4-6,18H,2-3,7-15H2,1H3/t18-/m1/s1. The van der Waals surface area contributed by atoms with Crippen molar-refractivity contribution in [1.82, 2.24) is 14.8 Å². The molecule has 4 heterocycles. The highest BCUT2D eigenvalue weighted by Gasteiger charge is 2.47. The molecule has 0 aliphatic carbocycles. The molecule has 0 unspecified atom stereocenters. The monoisotopic (exact) mass is 359 g/mol. The summed E-state index contributed by atoms with van der Waals surface area (Å²) >= 11 is 0. The molecule has 6 heteroatoms. The first-order valence-electron chi connectivity index (χ1n) is 9.80. The van der Waals surface area contributed by atoms with E-state index in [2.05, 4.69) is 22.0 Å². The fourth-order valence-electron chi connectivity index (χ4n) is 4.39. The van der Waals surface area contributed by atoms with E-state index in [1.54, 1.807) is 0 Å². The Balaban J connectivity index is 1.23. The van der Waals surface area contributed by atoms with Crippen molar-refractivity contribution < 1.29 is 14.3 Å². The van der Waals surface area contributed by atoms with E-state index < -0.39 is 0 Å². The van der Waals surface area contributed by atoms with Gasteiger partial charge in [0, 0.05) is 51.4 Å². The Morgan fingerprint density at radius 1 is 1.35 bits per heavy atom. The fourth-order valence-corrected chi connectivity index (χ4v) is 4.39. The highest BCUT2D eigenvalue weighted by Crippen LogP contribution is 2.36. The first kappa shape index (κ1) is 17.9. The van der Waals surface area contributed by atoms with E-state index in [9.17, 15) is 4.79 Å². The number of amides is 1. The number of carbonyl (C=O) groups excluding carboxylic acids is 1. The van der Waals surface area contributed by atoms with Crippen molar-refractivity contribution in [2.24, 2.45) is 0 Å². The summed E-state index contributed by atoms with van der Waals surface area (Å²) in [5.74, 6) is 0.142. The minimum atomic E-state index is -0.0938. The summed E-state index contributed by atoms with van der Waals surface area (Å²) in [5, 5.41) is 0. The van der Waals surface area contributed by atoms with Crippen LogP contribution in [0.4, 0.5) is 0 Å². The van der Waals surface area contributed by atoms with E-state index >= 15 is 0 Å². The van der Waals surface area contributed by atoms with Gasteiger partial charge in [0.25, 0.3) is 0 Å². The maximum Gasteiger partial charge on any atom is 0.248 e. The van der Waals surface area contributed by atoms with Crippen LogP contribution in [-0.4, -0.2) is 71.8 Å². The van der Waals surface area contributed by atoms with E-state index in [4.69, 9.17) is 9.47 Å². The summed E-state index contributed by atoms with van der Waals surface area (Å²) in [7, 11) is 0. The zero-order valence-corrected chi connectivity index (χ0v) is 15.7. The largest absolute Gasteiger partial charge is 0.372 e. The zero-order chi connectivity index (χ0) is 18.0. The summed E-state index contributed by atoms with van der Waals surface area (Å²) in [6.07, 6.45) is 4.15. The molecule has 6 nitrogen and oxygen atoms in total. The van der Waals surface area contributed by atoms with Crippen LogP contribution in [-0.2, 0) is 20.8 Å². The Morgan fingerprint density at radius 2 is 2.15 bits per heavy atom. The van der Waals surface area contributed by atoms with Gasteiger partial charge in [0.2, 0.25) is 5.91 Å². The van der Waals surface area contributed by atoms with E-state index in [1.807, 2.05) is 17.9 Å². The summed E-state index contributed by atoms with van der Waals surface area (Å²) < 4.78 is 12.0. The van der Waals surface area contributed by atoms with Crippen molar-refractivity contribution in [1.29, 1.82) is 0 Å². The highest BCUT2D eigenvalue weighted by molar-refractivity contribution is 5.77. The second-order valence-electron chi connectivity index (χ2n) is 7.96. The third kappa shape index (κ3) is 4.08. The zero-order valence-electron chi connectivity index (χ0n) is 15.7. The smallest absolute Gasteiger partial charge is 0.248 e. The van der Waals surface area contributed by atoms with Crippen LogP contribution in [0.1, 0.15) is 37.1 Å². The van der Waals surface area contributed by atoms with Crippen LogP contribution in [0.5, 0.6) is 0 Å². The van der Waals surface area contributed by atoms with Gasteiger partial charge in [-0.1, -0.05) is 6.07 Å². The van der Waals surface area contributed by atoms with Crippen LogP contribution in [0.15, 0.2) is 18.2 Å². The molecule has 3 aliphatic rings. The molecule has 0 radical (unpaired) electrons. The molecule has 1 amide bonds. The lowest BCUT2D eigenvalue weighted by molar-refractivity contribution is -0.200. The maximum absolute atomic E-state index is 12.2. The third-order valence-corrected chi connectivity index (χ3v) is 5.70. The van der Waals surface area contributed by atoms with Gasteiger partial charge in [-0.2, -0.15) is 0 Å². The molecular weight excluding hydrogens is 330 g/mol. The Labute approximate surface area is 155 Å². The molecule has 26 heavy (non-hydrogen) atoms. The van der Waals surface area contributed by atoms with Crippen LogP contribution in [0.2, 0.25) is 0 Å². The number of aromatic nitrogens is 1. The van der Waals surface area contributed by atoms with E-state index in [0.29, 0.717) is 0 Å². The quantitative estimate of drug-likeness (QED) is 0.802. The van der Waals surface area contributed by atoms with E-state index in [-0.39, 0.29) is 24.2 Å². The molecular formula is C20H29N3O3. The number of aryl methyl sites for hydroxylation is 1. The summed E-state index contributed by atoms with van der Waals surface area (Å²) in [6, 6.07) is 6.16. The van der Waals surface area contributed by atoms with Crippen LogP contribution < -0.4 is 0 Å². The van der Waals surface area contributed by atoms with Gasteiger partial charge in [0.05, 0.1) is 17.4 Å². The predicted octanol–water partition coefficient (Wildman–Crippen LogP) is 1.76. The molecule has 3 aliphatic heterocycles. The molecule has 142 valence electrons. The summed E-state index contributed by atoms with van der Waals surface area (Å²) in [6.45, 7) is 7.45. The second kappa shape index (κ2) is 7.62. The first-order valence-corrected chi connectivity index (χ1v) is 9.80. The number of nitrogens with zero attached hydrogens (tertiary/aromatic N) is 3. The minimum Gasteiger partial charge on any atom is -0.372 e. The Hall–Kier alpha value is -1.50. The van der Waals surface area contributed by atoms with E-state index in [1.165, 1.54) is 0 Å². The van der Waals surface area contributed by atoms with Crippen molar-refractivity contribution in [3.05, 3.63) is 29.6 Å². The lowest BCUT2D eigenvalue weighted by atomic mass is 9.84.